The molecule has 2 heterocycles. The lowest BCUT2D eigenvalue weighted by atomic mass is 9.99. The molecule has 0 amide bonds. The monoisotopic (exact) mass is 622 g/mol. The molecule has 2 rings (SSSR count). The summed E-state index contributed by atoms with van der Waals surface area (Å²) in [4.78, 5) is 9.98. The van der Waals surface area contributed by atoms with Crippen LogP contribution in [0.25, 0.3) is 0 Å². The highest BCUT2D eigenvalue weighted by molar-refractivity contribution is 4.98. The predicted octanol–water partition coefficient (Wildman–Crippen LogP) is -5.36. The molecule has 42 heavy (non-hydrogen) atoms. The lowest BCUT2D eigenvalue weighted by Crippen LogP contribution is -2.62. The first-order chi connectivity index (χ1) is 20.3. The lowest BCUT2D eigenvalue weighted by molar-refractivity contribution is -0.395. The summed E-state index contributed by atoms with van der Waals surface area (Å²) < 4.78 is 42.5. The third-order valence-electron chi connectivity index (χ3n) is 6.24. The van der Waals surface area contributed by atoms with Gasteiger partial charge in [-0.05, 0) is 0 Å². The SMILES string of the molecule is OCCOCCOCCOCCOCCOCCOOC[C@H]1O[C@H](O[C@]2(CO)O[C@H](CO)[C@@H](O)[C@@H]2O)[C@H](O)[C@@H](O)[C@@H]1O. The van der Waals surface area contributed by atoms with E-state index in [0.29, 0.717) is 52.9 Å². The van der Waals surface area contributed by atoms with Crippen LogP contribution in [-0.2, 0) is 47.7 Å². The van der Waals surface area contributed by atoms with Gasteiger partial charge in [0.15, 0.2) is 6.29 Å². The molecule has 0 bridgehead atoms. The summed E-state index contributed by atoms with van der Waals surface area (Å²) in [5.41, 5.74) is 0. The Morgan fingerprint density at radius 1 is 0.548 bits per heavy atom. The van der Waals surface area contributed by atoms with Crippen LogP contribution >= 0.6 is 0 Å². The smallest absolute Gasteiger partial charge is 0.224 e. The van der Waals surface area contributed by atoms with Gasteiger partial charge in [0.25, 0.3) is 0 Å². The Hall–Kier alpha value is -0.720. The van der Waals surface area contributed by atoms with Crippen molar-refractivity contribution >= 4 is 0 Å². The van der Waals surface area contributed by atoms with Crippen LogP contribution in [0.3, 0.4) is 0 Å². The van der Waals surface area contributed by atoms with Crippen LogP contribution in [0.15, 0.2) is 0 Å². The molecule has 9 atom stereocenters. The van der Waals surface area contributed by atoms with Crippen LogP contribution in [0.4, 0.5) is 0 Å². The van der Waals surface area contributed by atoms with Crippen molar-refractivity contribution < 1.29 is 88.5 Å². The van der Waals surface area contributed by atoms with E-state index in [1.807, 2.05) is 0 Å². The van der Waals surface area contributed by atoms with Crippen molar-refractivity contribution in [1.29, 1.82) is 0 Å². The van der Waals surface area contributed by atoms with Gasteiger partial charge < -0.3 is 78.7 Å². The molecule has 250 valence electrons. The van der Waals surface area contributed by atoms with Gasteiger partial charge in [-0.1, -0.05) is 0 Å². The second-order valence-electron chi connectivity index (χ2n) is 9.27. The number of hydrogen-bond donors (Lipinski definition) is 8. The largest absolute Gasteiger partial charge is 0.394 e. The highest BCUT2D eigenvalue weighted by Gasteiger charge is 2.58. The third kappa shape index (κ3) is 12.0. The van der Waals surface area contributed by atoms with E-state index in [4.69, 9.17) is 52.8 Å². The Labute approximate surface area is 243 Å². The van der Waals surface area contributed by atoms with Gasteiger partial charge in [0.2, 0.25) is 5.79 Å². The van der Waals surface area contributed by atoms with Crippen molar-refractivity contribution in [2.45, 2.75) is 54.8 Å². The fourth-order valence-corrected chi connectivity index (χ4v) is 3.93. The molecule has 18 nitrogen and oxygen atoms in total. The maximum absolute atomic E-state index is 10.3. The minimum Gasteiger partial charge on any atom is -0.394 e. The summed E-state index contributed by atoms with van der Waals surface area (Å²) in [6, 6.07) is 0. The molecule has 2 aliphatic heterocycles. The van der Waals surface area contributed by atoms with Crippen LogP contribution in [-0.4, -0.2) is 195 Å². The lowest BCUT2D eigenvalue weighted by Gasteiger charge is -2.43. The third-order valence-corrected chi connectivity index (χ3v) is 6.24. The van der Waals surface area contributed by atoms with Gasteiger partial charge in [-0.25, -0.2) is 9.78 Å². The molecule has 0 aromatic rings. The molecule has 2 fully saturated rings. The van der Waals surface area contributed by atoms with Gasteiger partial charge in [-0.15, -0.1) is 0 Å². The number of ether oxygens (including phenoxy) is 8. The molecule has 0 saturated carbocycles. The first-order valence-electron chi connectivity index (χ1n) is 13.7. The minimum atomic E-state index is -2.27. The molecular weight excluding hydrogens is 576 g/mol. The van der Waals surface area contributed by atoms with Gasteiger partial charge in [-0.3, -0.25) is 0 Å². The summed E-state index contributed by atoms with van der Waals surface area (Å²) in [6.45, 7) is 1.44. The highest BCUT2D eigenvalue weighted by Crippen LogP contribution is 2.36. The van der Waals surface area contributed by atoms with Crippen LogP contribution in [0.5, 0.6) is 0 Å². The Morgan fingerprint density at radius 2 is 1.07 bits per heavy atom. The summed E-state index contributed by atoms with van der Waals surface area (Å²) >= 11 is 0. The quantitative estimate of drug-likeness (QED) is 0.0284. The number of aliphatic hydroxyl groups is 8. The number of rotatable bonds is 24. The van der Waals surface area contributed by atoms with E-state index in [2.05, 4.69) is 0 Å². The second kappa shape index (κ2) is 21.1. The minimum absolute atomic E-state index is 0.0101. The number of aliphatic hydroxyl groups excluding tert-OH is 8. The van der Waals surface area contributed by atoms with Gasteiger partial charge >= 0.3 is 0 Å². The van der Waals surface area contributed by atoms with Crippen LogP contribution < -0.4 is 0 Å². The number of hydrogen-bond acceptors (Lipinski definition) is 18. The zero-order chi connectivity index (χ0) is 30.8. The zero-order valence-corrected chi connectivity index (χ0v) is 23.4. The van der Waals surface area contributed by atoms with Crippen molar-refractivity contribution in [2.24, 2.45) is 0 Å². The zero-order valence-electron chi connectivity index (χ0n) is 23.4. The van der Waals surface area contributed by atoms with E-state index in [1.165, 1.54) is 0 Å². The molecule has 0 aliphatic carbocycles. The molecule has 0 radical (unpaired) electrons. The maximum Gasteiger partial charge on any atom is 0.224 e. The fraction of sp³-hybridized carbons (Fsp3) is 1.00. The Balaban J connectivity index is 1.53. The molecule has 18 heteroatoms. The molecule has 0 aromatic carbocycles. The first kappa shape index (κ1) is 37.5. The summed E-state index contributed by atoms with van der Waals surface area (Å²) in [5.74, 6) is -2.27. The van der Waals surface area contributed by atoms with E-state index in [0.717, 1.165) is 0 Å². The van der Waals surface area contributed by atoms with E-state index in [-0.39, 0.29) is 26.4 Å². The van der Waals surface area contributed by atoms with Crippen LogP contribution in [0, 0.1) is 0 Å². The molecule has 0 unspecified atom stereocenters. The average molecular weight is 623 g/mol. The van der Waals surface area contributed by atoms with Gasteiger partial charge in [-0.2, -0.15) is 0 Å². The standard InChI is InChI=1S/C24H46O18/c25-1-2-33-3-4-34-5-6-35-7-8-36-9-10-37-11-12-38-39-14-17-18(28)20(30)21(31)23(40-17)42-24(15-27)22(32)19(29)16(13-26)41-24/h16-23,25-32H,1-15H2/t16-,17-,18-,19-,20+,21-,22+,23-,24+/m1/s1. The Morgan fingerprint density at radius 3 is 1.55 bits per heavy atom. The van der Waals surface area contributed by atoms with Crippen molar-refractivity contribution in [1.82, 2.24) is 0 Å². The van der Waals surface area contributed by atoms with E-state index >= 15 is 0 Å². The van der Waals surface area contributed by atoms with Crippen molar-refractivity contribution in [3.63, 3.8) is 0 Å². The molecule has 8 N–H and O–H groups in total. The maximum atomic E-state index is 10.3. The van der Waals surface area contributed by atoms with Crippen LogP contribution in [0.2, 0.25) is 0 Å². The Bertz CT molecular complexity index is 677. The van der Waals surface area contributed by atoms with Crippen molar-refractivity contribution in [2.75, 3.05) is 99.1 Å². The molecule has 0 spiro atoms. The van der Waals surface area contributed by atoms with E-state index in [9.17, 15) is 35.7 Å². The normalized spacial score (nSPS) is 33.4. The topological polar surface area (TPSA) is 254 Å². The summed E-state index contributed by atoms with van der Waals surface area (Å²) in [6.07, 6.45) is -12.9. The van der Waals surface area contributed by atoms with E-state index in [1.54, 1.807) is 0 Å². The van der Waals surface area contributed by atoms with Gasteiger partial charge in [0.1, 0.15) is 62.5 Å². The van der Waals surface area contributed by atoms with E-state index < -0.39 is 74.6 Å². The molecule has 2 aliphatic rings. The molecule has 0 aromatic heterocycles. The summed E-state index contributed by atoms with van der Waals surface area (Å²) in [5, 5.41) is 78.7. The summed E-state index contributed by atoms with van der Waals surface area (Å²) in [7, 11) is 0. The highest BCUT2D eigenvalue weighted by atomic mass is 17.2. The average Bonchev–Trinajstić information content (AvgIpc) is 3.24. The fourth-order valence-electron chi connectivity index (χ4n) is 3.93. The van der Waals surface area contributed by atoms with Gasteiger partial charge in [0.05, 0.1) is 79.3 Å². The Kier molecular flexibility index (Phi) is 18.8. The molecular formula is C24H46O18. The first-order valence-corrected chi connectivity index (χ1v) is 13.7. The second-order valence-corrected chi connectivity index (χ2v) is 9.27. The van der Waals surface area contributed by atoms with Gasteiger partial charge in [0, 0.05) is 0 Å². The molecule has 2 saturated heterocycles. The van der Waals surface area contributed by atoms with Crippen molar-refractivity contribution in [3.05, 3.63) is 0 Å². The van der Waals surface area contributed by atoms with Crippen molar-refractivity contribution in [3.8, 4) is 0 Å². The van der Waals surface area contributed by atoms with Crippen LogP contribution in [0.1, 0.15) is 0 Å². The predicted molar refractivity (Wildman–Crippen MR) is 135 cm³/mol.